The third-order valence-corrected chi connectivity index (χ3v) is 9.43. The number of carbonyl (C=O) groups is 2. The molecular formula is C22H27F3O4S. The lowest BCUT2D eigenvalue weighted by Gasteiger charge is -2.68. The van der Waals surface area contributed by atoms with Gasteiger partial charge >= 0.3 is 0 Å². The molecule has 0 spiro atoms. The molecule has 30 heavy (non-hydrogen) atoms. The number of alkyl halides is 3. The highest BCUT2D eigenvalue weighted by Crippen LogP contribution is 2.75. The van der Waals surface area contributed by atoms with E-state index in [4.69, 9.17) is 0 Å². The Morgan fingerprint density at radius 1 is 1.33 bits per heavy atom. The maximum absolute atomic E-state index is 17.2. The number of aliphatic hydroxyl groups excluding tert-OH is 1. The van der Waals surface area contributed by atoms with E-state index in [0.717, 1.165) is 12.2 Å². The van der Waals surface area contributed by atoms with Gasteiger partial charge in [-0.1, -0.05) is 19.9 Å². The first kappa shape index (κ1) is 22.1. The highest BCUT2D eigenvalue weighted by atomic mass is 32.1. The van der Waals surface area contributed by atoms with E-state index >= 15 is 8.78 Å². The Balaban J connectivity index is 1.99. The van der Waals surface area contributed by atoms with Crippen molar-refractivity contribution >= 4 is 23.5 Å². The zero-order valence-electron chi connectivity index (χ0n) is 17.2. The van der Waals surface area contributed by atoms with Gasteiger partial charge in [-0.3, -0.25) is 14.0 Å². The van der Waals surface area contributed by atoms with Gasteiger partial charge in [-0.2, -0.15) is 0 Å². The van der Waals surface area contributed by atoms with Gasteiger partial charge in [0.25, 0.3) is 0 Å². The lowest BCUT2D eigenvalue weighted by Crippen LogP contribution is -2.76. The van der Waals surface area contributed by atoms with E-state index in [1.54, 1.807) is 6.92 Å². The molecular weight excluding hydrogens is 417 g/mol. The first-order chi connectivity index (χ1) is 13.8. The monoisotopic (exact) mass is 444 g/mol. The van der Waals surface area contributed by atoms with Crippen LogP contribution in [0.15, 0.2) is 23.8 Å². The van der Waals surface area contributed by atoms with Gasteiger partial charge in [-0.15, -0.1) is 12.6 Å². The second-order valence-electron chi connectivity index (χ2n) is 10.1. The Morgan fingerprint density at radius 2 is 1.97 bits per heavy atom. The quantitative estimate of drug-likeness (QED) is 0.573. The number of fused-ring (bicyclic) bond motifs is 5. The average Bonchev–Trinajstić information content (AvgIpc) is 2.88. The van der Waals surface area contributed by atoms with Gasteiger partial charge < -0.3 is 10.2 Å². The standard InChI is InChI=1S/C22H27F3O4S/c1-11-6-15-19(3,21(11,29)17(28)30)9-16(27)22(25)18(2)5-4-12(26)7-13(18)14(24)8-20(15,22)10-23/h4-5,7,11,14-16,27,29H,6,8-10H2,1-3H3,(H,28,30)/t11-,14+,15-,16+,18+,19+,20?,21+,22?/m1/s1. The smallest absolute Gasteiger partial charge is 0.218 e. The molecule has 9 atom stereocenters. The highest BCUT2D eigenvalue weighted by Gasteiger charge is 2.82. The lowest BCUT2D eigenvalue weighted by atomic mass is 9.38. The van der Waals surface area contributed by atoms with Crippen LogP contribution >= 0.6 is 12.6 Å². The summed E-state index contributed by atoms with van der Waals surface area (Å²) < 4.78 is 47.7. The van der Waals surface area contributed by atoms with Crippen LogP contribution in [0.5, 0.6) is 0 Å². The first-order valence-corrected chi connectivity index (χ1v) is 10.7. The van der Waals surface area contributed by atoms with Gasteiger partial charge in [0, 0.05) is 16.2 Å². The molecule has 4 rings (SSSR count). The van der Waals surface area contributed by atoms with Crippen LogP contribution in [0.25, 0.3) is 0 Å². The molecule has 0 aromatic rings. The number of aliphatic hydroxyl groups is 2. The summed E-state index contributed by atoms with van der Waals surface area (Å²) in [7, 11) is 0. The normalized spacial score (nSPS) is 54.8. The van der Waals surface area contributed by atoms with Crippen LogP contribution in [0.3, 0.4) is 0 Å². The summed E-state index contributed by atoms with van der Waals surface area (Å²) in [6.45, 7) is 3.27. The number of hydrogen-bond acceptors (Lipinski definition) is 4. The largest absolute Gasteiger partial charge is 0.390 e. The molecule has 0 aromatic carbocycles. The van der Waals surface area contributed by atoms with Gasteiger partial charge in [0.15, 0.2) is 11.5 Å². The molecule has 0 saturated heterocycles. The molecule has 4 aliphatic rings. The zero-order valence-corrected chi connectivity index (χ0v) is 18.1. The fourth-order valence-electron chi connectivity index (χ4n) is 7.60. The predicted octanol–water partition coefficient (Wildman–Crippen LogP) is 3.08. The van der Waals surface area contributed by atoms with Gasteiger partial charge in [-0.05, 0) is 55.7 Å². The van der Waals surface area contributed by atoms with E-state index in [1.165, 1.54) is 19.9 Å². The summed E-state index contributed by atoms with van der Waals surface area (Å²) in [5, 5.41) is 21.7. The molecule has 0 heterocycles. The maximum atomic E-state index is 17.2. The topological polar surface area (TPSA) is 74.6 Å². The molecule has 4 nitrogen and oxygen atoms in total. The molecule has 0 radical (unpaired) electrons. The molecule has 4 aliphatic carbocycles. The Hall–Kier alpha value is -1.12. The number of thiol groups is 1. The molecule has 2 N–H and O–H groups in total. The van der Waals surface area contributed by atoms with Crippen molar-refractivity contribution in [2.24, 2.45) is 28.1 Å². The van der Waals surface area contributed by atoms with Crippen LogP contribution in [0.4, 0.5) is 13.2 Å². The second-order valence-corrected chi connectivity index (χ2v) is 10.5. The van der Waals surface area contributed by atoms with Crippen LogP contribution in [0.1, 0.15) is 40.0 Å². The van der Waals surface area contributed by atoms with E-state index < -0.39 is 75.6 Å². The maximum Gasteiger partial charge on any atom is 0.218 e. The fraction of sp³-hybridized carbons (Fsp3) is 0.727. The molecule has 166 valence electrons. The summed E-state index contributed by atoms with van der Waals surface area (Å²) >= 11 is 3.86. The number of rotatable bonds is 2. The summed E-state index contributed by atoms with van der Waals surface area (Å²) in [5.41, 5.74) is -9.85. The molecule has 8 heteroatoms. The molecule has 3 saturated carbocycles. The van der Waals surface area contributed by atoms with E-state index in [1.807, 2.05) is 0 Å². The molecule has 0 bridgehead atoms. The molecule has 0 aromatic heterocycles. The lowest BCUT2D eigenvalue weighted by molar-refractivity contribution is -0.269. The van der Waals surface area contributed by atoms with Crippen molar-refractivity contribution in [1.29, 1.82) is 0 Å². The van der Waals surface area contributed by atoms with Crippen molar-refractivity contribution in [3.05, 3.63) is 23.8 Å². The van der Waals surface area contributed by atoms with Crippen molar-refractivity contribution in [2.45, 2.75) is 63.6 Å². The third kappa shape index (κ3) is 2.09. The minimum Gasteiger partial charge on any atom is -0.390 e. The molecule has 2 unspecified atom stereocenters. The second kappa shape index (κ2) is 6.23. The average molecular weight is 445 g/mol. The van der Waals surface area contributed by atoms with Gasteiger partial charge in [0.1, 0.15) is 11.8 Å². The highest BCUT2D eigenvalue weighted by molar-refractivity contribution is 7.96. The Morgan fingerprint density at radius 3 is 2.53 bits per heavy atom. The Kier molecular flexibility index (Phi) is 4.58. The minimum absolute atomic E-state index is 0.0894. The minimum atomic E-state index is -2.63. The van der Waals surface area contributed by atoms with Crippen LogP contribution in [-0.4, -0.2) is 51.3 Å². The van der Waals surface area contributed by atoms with Gasteiger partial charge in [-0.25, -0.2) is 8.78 Å². The third-order valence-electron chi connectivity index (χ3n) is 9.09. The van der Waals surface area contributed by atoms with Crippen molar-refractivity contribution < 1.29 is 33.0 Å². The van der Waals surface area contributed by atoms with Crippen LogP contribution < -0.4 is 0 Å². The Bertz CT molecular complexity index is 892. The van der Waals surface area contributed by atoms with Crippen molar-refractivity contribution in [1.82, 2.24) is 0 Å². The van der Waals surface area contributed by atoms with Crippen LogP contribution in [0.2, 0.25) is 0 Å². The van der Waals surface area contributed by atoms with Crippen molar-refractivity contribution in [3.63, 3.8) is 0 Å². The van der Waals surface area contributed by atoms with Crippen LogP contribution in [0, 0.1) is 28.1 Å². The number of hydrogen-bond donors (Lipinski definition) is 3. The van der Waals surface area contributed by atoms with Crippen molar-refractivity contribution in [2.75, 3.05) is 6.67 Å². The number of carbonyl (C=O) groups excluding carboxylic acids is 2. The SMILES string of the molecule is C[C@@H]1C[C@H]2C3(CF)C[C@H](F)C4=CC(=O)C=C[C@]4(C)C3(F)[C@@H](O)C[C@]2(C)[C@@]1(O)C(=O)S. The summed E-state index contributed by atoms with van der Waals surface area (Å²) in [6.07, 6.45) is -0.996. The van der Waals surface area contributed by atoms with E-state index in [2.05, 4.69) is 12.6 Å². The van der Waals surface area contributed by atoms with E-state index in [0.29, 0.717) is 0 Å². The number of ketones is 1. The number of halogens is 3. The molecule has 0 aliphatic heterocycles. The first-order valence-electron chi connectivity index (χ1n) is 10.2. The van der Waals surface area contributed by atoms with Gasteiger partial charge in [0.2, 0.25) is 5.12 Å². The zero-order chi connectivity index (χ0) is 22.5. The van der Waals surface area contributed by atoms with E-state index in [9.17, 15) is 24.2 Å². The van der Waals surface area contributed by atoms with Crippen LogP contribution in [-0.2, 0) is 9.59 Å². The summed E-state index contributed by atoms with van der Waals surface area (Å²) in [6, 6.07) is 0. The summed E-state index contributed by atoms with van der Waals surface area (Å²) in [5.74, 6) is -2.08. The summed E-state index contributed by atoms with van der Waals surface area (Å²) in [4.78, 5) is 24.3. The van der Waals surface area contributed by atoms with E-state index in [-0.39, 0.29) is 18.4 Å². The number of allylic oxidation sites excluding steroid dienone is 4. The Labute approximate surface area is 179 Å². The predicted molar refractivity (Wildman–Crippen MR) is 107 cm³/mol. The molecule has 0 amide bonds. The van der Waals surface area contributed by atoms with Crippen molar-refractivity contribution in [3.8, 4) is 0 Å². The fourth-order valence-corrected chi connectivity index (χ4v) is 8.08. The van der Waals surface area contributed by atoms with Gasteiger partial charge in [0.05, 0.1) is 12.8 Å². The molecule has 3 fully saturated rings.